The van der Waals surface area contributed by atoms with Crippen LogP contribution in [0.2, 0.25) is 0 Å². The van der Waals surface area contributed by atoms with E-state index >= 15 is 0 Å². The summed E-state index contributed by atoms with van der Waals surface area (Å²) < 4.78 is 15.1. The number of Topliss-reactive ketones (excluding diaryl/α,β-unsaturated/α-hetero) is 1. The van der Waals surface area contributed by atoms with Crippen molar-refractivity contribution in [2.24, 2.45) is 7.05 Å². The molecule has 5 N–H and O–H groups in total. The van der Waals surface area contributed by atoms with Crippen molar-refractivity contribution in [3.8, 4) is 0 Å². The zero-order valence-corrected chi connectivity index (χ0v) is 19.6. The minimum Gasteiger partial charge on any atom is -0.390 e. The molecule has 0 aliphatic heterocycles. The molecular weight excluding hydrogens is 429 g/mol. The van der Waals surface area contributed by atoms with Crippen LogP contribution in [0.5, 0.6) is 0 Å². The number of hydrogen-bond acceptors (Lipinski definition) is 6. The van der Waals surface area contributed by atoms with E-state index in [4.69, 9.17) is 0 Å². The van der Waals surface area contributed by atoms with Crippen LogP contribution in [0.15, 0.2) is 18.2 Å². The molecule has 0 radical (unpaired) electrons. The molecule has 2 unspecified atom stereocenters. The third-order valence-electron chi connectivity index (χ3n) is 6.64. The highest BCUT2D eigenvalue weighted by Crippen LogP contribution is 2.30. The van der Waals surface area contributed by atoms with Crippen LogP contribution >= 0.6 is 0 Å². The molecule has 0 bridgehead atoms. The van der Waals surface area contributed by atoms with Gasteiger partial charge in [-0.15, -0.1) is 0 Å². The smallest absolute Gasteiger partial charge is 0.257 e. The Morgan fingerprint density at radius 1 is 1.21 bits per heavy atom. The van der Waals surface area contributed by atoms with E-state index in [2.05, 4.69) is 10.6 Å². The van der Waals surface area contributed by atoms with Gasteiger partial charge in [-0.25, -0.2) is 4.39 Å². The number of halogens is 1. The van der Waals surface area contributed by atoms with Crippen LogP contribution in [0, 0.1) is 26.6 Å². The van der Waals surface area contributed by atoms with Crippen molar-refractivity contribution in [3.63, 3.8) is 0 Å². The molecule has 1 saturated carbocycles. The highest BCUT2D eigenvalue weighted by molar-refractivity contribution is 6.09. The van der Waals surface area contributed by atoms with Crippen LogP contribution in [0.3, 0.4) is 0 Å². The first kappa shape index (κ1) is 25.0. The summed E-state index contributed by atoms with van der Waals surface area (Å²) in [6, 6.07) is 4.26. The lowest BCUT2D eigenvalue weighted by Crippen LogP contribution is -2.56. The van der Waals surface area contributed by atoms with E-state index in [0.29, 0.717) is 40.9 Å². The van der Waals surface area contributed by atoms with Gasteiger partial charge in [0, 0.05) is 24.0 Å². The molecule has 33 heavy (non-hydrogen) atoms. The third kappa shape index (κ3) is 5.01. The van der Waals surface area contributed by atoms with Gasteiger partial charge in [0.05, 0.1) is 23.5 Å². The van der Waals surface area contributed by atoms with E-state index in [1.54, 1.807) is 39.3 Å². The normalized spacial score (nSPS) is 23.9. The fraction of sp³-hybridized carbons (Fsp3) is 0.500. The zero-order chi connectivity index (χ0) is 24.7. The number of rotatable bonds is 6. The van der Waals surface area contributed by atoms with Crippen molar-refractivity contribution in [1.29, 1.82) is 0 Å². The summed E-state index contributed by atoms with van der Waals surface area (Å²) in [7, 11) is 1.64. The van der Waals surface area contributed by atoms with Gasteiger partial charge in [-0.1, -0.05) is 0 Å². The topological polar surface area (TPSA) is 124 Å². The molecule has 180 valence electrons. The molecule has 4 atom stereocenters. The first-order chi connectivity index (χ1) is 15.3. The van der Waals surface area contributed by atoms with Crippen molar-refractivity contribution < 1.29 is 29.3 Å². The molecule has 2 aromatic rings. The van der Waals surface area contributed by atoms with Crippen molar-refractivity contribution in [2.45, 2.75) is 70.9 Å². The fourth-order valence-corrected chi connectivity index (χ4v) is 4.59. The lowest BCUT2D eigenvalue weighted by Gasteiger charge is -2.40. The van der Waals surface area contributed by atoms with Gasteiger partial charge in [0.2, 0.25) is 5.78 Å². The largest absolute Gasteiger partial charge is 0.390 e. The predicted molar refractivity (Wildman–Crippen MR) is 122 cm³/mol. The average Bonchev–Trinajstić information content (AvgIpc) is 2.95. The summed E-state index contributed by atoms with van der Waals surface area (Å²) in [4.78, 5) is 26.1. The summed E-state index contributed by atoms with van der Waals surface area (Å²) in [5.41, 5.74) is 1.55. The lowest BCUT2D eigenvalue weighted by molar-refractivity contribution is -0.0449. The summed E-state index contributed by atoms with van der Waals surface area (Å²) >= 11 is 0. The van der Waals surface area contributed by atoms with Crippen LogP contribution in [0.4, 0.5) is 10.1 Å². The fourth-order valence-electron chi connectivity index (χ4n) is 4.59. The molecule has 1 aromatic carbocycles. The Morgan fingerprint density at radius 3 is 2.48 bits per heavy atom. The van der Waals surface area contributed by atoms with Gasteiger partial charge < -0.3 is 25.2 Å². The minimum atomic E-state index is -1.56. The van der Waals surface area contributed by atoms with E-state index in [1.165, 1.54) is 18.2 Å². The number of amides is 1. The van der Waals surface area contributed by atoms with Gasteiger partial charge in [-0.2, -0.15) is 0 Å². The number of hydrogen-bond donors (Lipinski definition) is 5. The van der Waals surface area contributed by atoms with Crippen molar-refractivity contribution in [2.75, 3.05) is 5.32 Å². The SMILES string of the molecule is Cc1cc(NC(=O)c2c(C)c(C(=O)C(O)NC3(C)CC[C@@H](O)[C@@H](O)C3)n(C)c2C)ccc1F. The number of carbonyl (C=O) groups is 2. The van der Waals surface area contributed by atoms with E-state index < -0.39 is 35.7 Å². The highest BCUT2D eigenvalue weighted by atomic mass is 19.1. The molecule has 1 aliphatic rings. The summed E-state index contributed by atoms with van der Waals surface area (Å²) in [5, 5.41) is 36.1. The third-order valence-corrected chi connectivity index (χ3v) is 6.64. The quantitative estimate of drug-likeness (QED) is 0.332. The second-order valence-electron chi connectivity index (χ2n) is 9.26. The van der Waals surface area contributed by atoms with E-state index in [1.807, 2.05) is 0 Å². The monoisotopic (exact) mass is 461 g/mol. The predicted octanol–water partition coefficient (Wildman–Crippen LogP) is 2.10. The number of nitrogens with one attached hydrogen (secondary N) is 2. The van der Waals surface area contributed by atoms with Crippen LogP contribution < -0.4 is 10.6 Å². The maximum Gasteiger partial charge on any atom is 0.257 e. The maximum atomic E-state index is 13.5. The molecule has 1 aliphatic carbocycles. The van der Waals surface area contributed by atoms with Crippen molar-refractivity contribution in [1.82, 2.24) is 9.88 Å². The molecule has 1 amide bonds. The van der Waals surface area contributed by atoms with E-state index in [9.17, 15) is 29.3 Å². The van der Waals surface area contributed by atoms with Gasteiger partial charge in [-0.05, 0) is 76.3 Å². The van der Waals surface area contributed by atoms with Crippen LogP contribution in [-0.2, 0) is 7.05 Å². The Kier molecular flexibility index (Phi) is 7.09. The average molecular weight is 462 g/mol. The number of aliphatic hydroxyl groups is 3. The van der Waals surface area contributed by atoms with E-state index in [0.717, 1.165) is 0 Å². The highest BCUT2D eigenvalue weighted by Gasteiger charge is 2.39. The van der Waals surface area contributed by atoms with Gasteiger partial charge >= 0.3 is 0 Å². The van der Waals surface area contributed by atoms with Crippen LogP contribution in [0.1, 0.15) is 63.9 Å². The minimum absolute atomic E-state index is 0.188. The van der Waals surface area contributed by atoms with Crippen LogP contribution in [-0.4, -0.2) is 55.6 Å². The number of anilines is 1. The molecule has 1 fully saturated rings. The Hall–Kier alpha value is -2.59. The summed E-state index contributed by atoms with van der Waals surface area (Å²) in [5.74, 6) is -1.41. The molecule has 3 rings (SSSR count). The van der Waals surface area contributed by atoms with E-state index in [-0.39, 0.29) is 17.9 Å². The number of nitrogens with zero attached hydrogens (tertiary/aromatic N) is 1. The molecule has 9 heteroatoms. The molecule has 1 aromatic heterocycles. The van der Waals surface area contributed by atoms with Gasteiger partial charge in [-0.3, -0.25) is 14.9 Å². The molecule has 1 heterocycles. The van der Waals surface area contributed by atoms with Crippen molar-refractivity contribution in [3.05, 3.63) is 52.1 Å². The summed E-state index contributed by atoms with van der Waals surface area (Å²) in [6.07, 6.45) is -2.31. The molecular formula is C24H32FN3O5. The molecule has 0 spiro atoms. The number of benzene rings is 1. The number of ketones is 1. The first-order valence-corrected chi connectivity index (χ1v) is 10.9. The lowest BCUT2D eigenvalue weighted by atomic mass is 9.80. The molecule has 0 saturated heterocycles. The number of aliphatic hydroxyl groups excluding tert-OH is 3. The van der Waals surface area contributed by atoms with Gasteiger partial charge in [0.1, 0.15) is 5.82 Å². The van der Waals surface area contributed by atoms with Gasteiger partial charge in [0.25, 0.3) is 5.91 Å². The Morgan fingerprint density at radius 2 is 1.88 bits per heavy atom. The standard InChI is InChI=1S/C24H32FN3O5/c1-12-10-15(6-7-16(12)25)26-22(32)19-13(2)20(28(5)14(19)3)21(31)23(33)27-24(4)9-8-17(29)18(30)11-24/h6-7,10,17-18,23,27,29-30,33H,8-9,11H2,1-5H3,(H,26,32)/t17-,18+,23?,24?/m1/s1. The zero-order valence-electron chi connectivity index (χ0n) is 19.6. The Bertz CT molecular complexity index is 1080. The number of carbonyl (C=O) groups excluding carboxylic acids is 2. The Balaban J connectivity index is 1.82. The van der Waals surface area contributed by atoms with Crippen molar-refractivity contribution >= 4 is 17.4 Å². The maximum absolute atomic E-state index is 13.5. The number of aryl methyl sites for hydroxylation is 1. The van der Waals surface area contributed by atoms with Gasteiger partial charge in [0.15, 0.2) is 6.23 Å². The Labute approximate surface area is 192 Å². The first-order valence-electron chi connectivity index (χ1n) is 10.9. The number of aromatic nitrogens is 1. The second-order valence-corrected chi connectivity index (χ2v) is 9.26. The summed E-state index contributed by atoms with van der Waals surface area (Å²) in [6.45, 7) is 6.72. The molecule has 8 nitrogen and oxygen atoms in total. The van der Waals surface area contributed by atoms with Crippen LogP contribution in [0.25, 0.3) is 0 Å². The second kappa shape index (κ2) is 9.34.